The Hall–Kier alpha value is -1.17. The molecule has 154 valence electrons. The first kappa shape index (κ1) is 22.5. The molecule has 2 atom stereocenters. The summed E-state index contributed by atoms with van der Waals surface area (Å²) in [6.45, 7) is 4.10. The summed E-state index contributed by atoms with van der Waals surface area (Å²) in [5, 5.41) is 0.581. The van der Waals surface area contributed by atoms with Crippen LogP contribution in [0, 0.1) is 17.3 Å². The summed E-state index contributed by atoms with van der Waals surface area (Å²) in [5.74, 6) is 0.0732. The number of aromatic nitrogens is 1. The second kappa shape index (κ2) is 8.91. The number of benzene rings is 1. The van der Waals surface area contributed by atoms with Crippen LogP contribution in [0.1, 0.15) is 19.4 Å². The zero-order valence-electron chi connectivity index (χ0n) is 15.4. The van der Waals surface area contributed by atoms with Crippen molar-refractivity contribution in [2.45, 2.75) is 20.5 Å². The Balaban J connectivity index is 1.58. The van der Waals surface area contributed by atoms with Crippen LogP contribution in [-0.4, -0.2) is 11.0 Å². The van der Waals surface area contributed by atoms with Gasteiger partial charge in [0.15, 0.2) is 5.15 Å². The lowest BCUT2D eigenvalue weighted by molar-refractivity contribution is -0.147. The Morgan fingerprint density at radius 1 is 1.14 bits per heavy atom. The molecule has 1 aromatic heterocycles. The number of hydrogen-bond acceptors (Lipinski definition) is 4. The smallest absolute Gasteiger partial charge is 0.310 e. The fourth-order valence-corrected chi connectivity index (χ4v) is 3.88. The van der Waals surface area contributed by atoms with Crippen LogP contribution in [-0.2, 0) is 16.1 Å². The minimum Gasteiger partial charge on any atom is -0.461 e. The summed E-state index contributed by atoms with van der Waals surface area (Å²) in [7, 11) is 0. The zero-order valence-corrected chi connectivity index (χ0v) is 19.2. The number of esters is 1. The van der Waals surface area contributed by atoms with Crippen molar-refractivity contribution in [2.24, 2.45) is 17.3 Å². The van der Waals surface area contributed by atoms with Crippen molar-refractivity contribution in [3.63, 3.8) is 0 Å². The van der Waals surface area contributed by atoms with Gasteiger partial charge in [-0.2, -0.15) is 4.98 Å². The molecule has 2 aromatic rings. The molecule has 0 bridgehead atoms. The molecule has 1 aliphatic rings. The van der Waals surface area contributed by atoms with Crippen LogP contribution in [0.5, 0.6) is 11.6 Å². The standard InChI is InChI=1S/C20H16Cl5NO3/c1-20(2)12(7-15(23)24)16(20)19(27)28-9-10-3-5-11(6-4-10)29-18-14(22)8-13(21)17(25)26-18/h3-8,12,16H,9H2,1-2H3. The summed E-state index contributed by atoms with van der Waals surface area (Å²) in [5.41, 5.74) is 0.579. The van der Waals surface area contributed by atoms with Gasteiger partial charge in [0.25, 0.3) is 0 Å². The maximum atomic E-state index is 12.4. The topological polar surface area (TPSA) is 48.4 Å². The van der Waals surface area contributed by atoms with Crippen molar-refractivity contribution in [1.82, 2.24) is 4.98 Å². The number of nitrogens with zero attached hydrogens (tertiary/aromatic N) is 1. The van der Waals surface area contributed by atoms with Gasteiger partial charge in [0, 0.05) is 0 Å². The summed E-state index contributed by atoms with van der Waals surface area (Å²) < 4.78 is 11.2. The highest BCUT2D eigenvalue weighted by Crippen LogP contribution is 2.60. The Labute approximate surface area is 193 Å². The maximum absolute atomic E-state index is 12.4. The van der Waals surface area contributed by atoms with Crippen molar-refractivity contribution < 1.29 is 14.3 Å². The van der Waals surface area contributed by atoms with Gasteiger partial charge in [-0.3, -0.25) is 4.79 Å². The van der Waals surface area contributed by atoms with E-state index in [1.807, 2.05) is 13.8 Å². The molecule has 2 unspecified atom stereocenters. The first-order chi connectivity index (χ1) is 13.6. The normalized spacial score (nSPS) is 19.4. The van der Waals surface area contributed by atoms with E-state index >= 15 is 0 Å². The molecule has 4 nitrogen and oxygen atoms in total. The van der Waals surface area contributed by atoms with Crippen molar-refractivity contribution in [2.75, 3.05) is 0 Å². The zero-order chi connectivity index (χ0) is 21.3. The Morgan fingerprint density at radius 3 is 2.41 bits per heavy atom. The van der Waals surface area contributed by atoms with Crippen molar-refractivity contribution >= 4 is 64.0 Å². The number of pyridine rings is 1. The molecule has 0 radical (unpaired) electrons. The third-order valence-corrected chi connectivity index (χ3v) is 6.04. The predicted molar refractivity (Wildman–Crippen MR) is 116 cm³/mol. The van der Waals surface area contributed by atoms with Gasteiger partial charge in [0.1, 0.15) is 21.9 Å². The van der Waals surface area contributed by atoms with Crippen molar-refractivity contribution in [1.29, 1.82) is 0 Å². The first-order valence-electron chi connectivity index (χ1n) is 8.57. The van der Waals surface area contributed by atoms with Crippen LogP contribution in [0.4, 0.5) is 0 Å². The van der Waals surface area contributed by atoms with Gasteiger partial charge in [-0.05, 0) is 41.2 Å². The third-order valence-electron chi connectivity index (χ3n) is 4.84. The molecule has 29 heavy (non-hydrogen) atoms. The van der Waals surface area contributed by atoms with E-state index in [0.717, 1.165) is 5.56 Å². The van der Waals surface area contributed by atoms with E-state index in [0.29, 0.717) is 5.75 Å². The molecule has 1 heterocycles. The Morgan fingerprint density at radius 2 is 1.79 bits per heavy atom. The summed E-state index contributed by atoms with van der Waals surface area (Å²) in [4.78, 5) is 16.4. The first-order valence-corrected chi connectivity index (χ1v) is 10.5. The molecule has 0 N–H and O–H groups in total. The molecule has 1 fully saturated rings. The summed E-state index contributed by atoms with van der Waals surface area (Å²) in [6.07, 6.45) is 1.68. The van der Waals surface area contributed by atoms with Crippen LogP contribution in [0.25, 0.3) is 0 Å². The van der Waals surface area contributed by atoms with E-state index in [1.54, 1.807) is 30.3 Å². The van der Waals surface area contributed by atoms with Crippen molar-refractivity contribution in [3.05, 3.63) is 61.7 Å². The highest BCUT2D eigenvalue weighted by Gasteiger charge is 2.61. The molecule has 3 rings (SSSR count). The lowest BCUT2D eigenvalue weighted by atomic mass is 10.1. The lowest BCUT2D eigenvalue weighted by Crippen LogP contribution is -2.10. The predicted octanol–water partition coefficient (Wildman–Crippen LogP) is 7.47. The molecule has 1 aliphatic carbocycles. The number of carbonyl (C=O) groups excluding carboxylic acids is 1. The molecule has 0 aliphatic heterocycles. The van der Waals surface area contributed by atoms with Gasteiger partial charge in [0.05, 0.1) is 10.9 Å². The van der Waals surface area contributed by atoms with Gasteiger partial charge < -0.3 is 9.47 Å². The van der Waals surface area contributed by atoms with Crippen LogP contribution < -0.4 is 4.74 Å². The number of carbonyl (C=O) groups is 1. The Bertz CT molecular complexity index is 955. The van der Waals surface area contributed by atoms with Gasteiger partial charge in [-0.15, -0.1) is 0 Å². The van der Waals surface area contributed by atoms with Gasteiger partial charge in [0.2, 0.25) is 5.88 Å². The maximum Gasteiger partial charge on any atom is 0.310 e. The number of halogens is 5. The van der Waals surface area contributed by atoms with E-state index in [4.69, 9.17) is 67.5 Å². The molecule has 0 spiro atoms. The number of rotatable bonds is 6. The number of hydrogen-bond donors (Lipinski definition) is 0. The number of allylic oxidation sites excluding steroid dienone is 1. The lowest BCUT2D eigenvalue weighted by Gasteiger charge is -2.09. The monoisotopic (exact) mass is 493 g/mol. The van der Waals surface area contributed by atoms with Crippen molar-refractivity contribution in [3.8, 4) is 11.6 Å². The quantitative estimate of drug-likeness (QED) is 0.308. The largest absolute Gasteiger partial charge is 0.461 e. The van der Waals surface area contributed by atoms with Crippen LogP contribution in [0.15, 0.2) is 40.9 Å². The van der Waals surface area contributed by atoms with Gasteiger partial charge in [-0.25, -0.2) is 0 Å². The highest BCUT2D eigenvalue weighted by molar-refractivity contribution is 6.55. The molecule has 0 saturated heterocycles. The molecule has 0 amide bonds. The average Bonchev–Trinajstić information content (AvgIpc) is 3.18. The van der Waals surface area contributed by atoms with E-state index in [9.17, 15) is 4.79 Å². The van der Waals surface area contributed by atoms with Gasteiger partial charge >= 0.3 is 5.97 Å². The van der Waals surface area contributed by atoms with E-state index < -0.39 is 0 Å². The highest BCUT2D eigenvalue weighted by atomic mass is 35.5. The molecule has 9 heteroatoms. The molecular weight excluding hydrogens is 479 g/mol. The van der Waals surface area contributed by atoms with Crippen LogP contribution in [0.3, 0.4) is 0 Å². The summed E-state index contributed by atoms with van der Waals surface area (Å²) in [6, 6.07) is 8.44. The number of ether oxygens (including phenoxy) is 2. The second-order valence-electron chi connectivity index (χ2n) is 7.18. The second-order valence-corrected chi connectivity index (χ2v) is 9.36. The molecular formula is C20H16Cl5NO3. The molecule has 1 aromatic carbocycles. The van der Waals surface area contributed by atoms with E-state index in [1.165, 1.54) is 6.07 Å². The SMILES string of the molecule is CC1(C)C(C=C(Cl)Cl)C1C(=O)OCc1ccc(Oc2nc(Cl)c(Cl)cc2Cl)cc1. The Kier molecular flexibility index (Phi) is 6.91. The average molecular weight is 496 g/mol. The minimum atomic E-state index is -0.280. The fourth-order valence-electron chi connectivity index (χ4n) is 3.08. The van der Waals surface area contributed by atoms with Gasteiger partial charge in [-0.1, -0.05) is 84.0 Å². The molecule has 1 saturated carbocycles. The van der Waals surface area contributed by atoms with Crippen LogP contribution in [0.2, 0.25) is 15.2 Å². The van der Waals surface area contributed by atoms with Crippen LogP contribution >= 0.6 is 58.0 Å². The minimum absolute atomic E-state index is 0.0285. The van der Waals surface area contributed by atoms with E-state index in [2.05, 4.69) is 4.98 Å². The van der Waals surface area contributed by atoms with E-state index in [-0.39, 0.29) is 55.4 Å². The third kappa shape index (κ3) is 5.31. The summed E-state index contributed by atoms with van der Waals surface area (Å²) >= 11 is 29.2. The fraction of sp³-hybridized carbons (Fsp3) is 0.300.